The second-order valence-corrected chi connectivity index (χ2v) is 8.12. The van der Waals surface area contributed by atoms with Crippen LogP contribution in [0.2, 0.25) is 5.15 Å². The maximum atomic E-state index is 11.3. The largest absolute Gasteiger partial charge is 0.480 e. The number of aliphatic carboxylic acids is 3. The van der Waals surface area contributed by atoms with Gasteiger partial charge in [0, 0.05) is 58.9 Å². The third-order valence-electron chi connectivity index (χ3n) is 5.16. The van der Waals surface area contributed by atoms with E-state index in [9.17, 15) is 29.7 Å². The second-order valence-electron chi connectivity index (χ2n) is 7.74. The van der Waals surface area contributed by atoms with Gasteiger partial charge < -0.3 is 15.3 Å². The quantitative estimate of drug-likeness (QED) is 0.431. The summed E-state index contributed by atoms with van der Waals surface area (Å²) in [5.41, 5.74) is 0.770. The summed E-state index contributed by atoms with van der Waals surface area (Å²) in [6.45, 7) is 3.56. The SMILES string of the molecule is O=C(O)CN1CCN(CC(=O)O)CCN(Cc2cccc(Cl)n2)CCN(CC(=O)O)CC1. The highest BCUT2D eigenvalue weighted by molar-refractivity contribution is 6.29. The molecule has 11 nitrogen and oxygen atoms in total. The van der Waals surface area contributed by atoms with Crippen molar-refractivity contribution in [1.29, 1.82) is 0 Å². The Kier molecular flexibility index (Phi) is 10.8. The van der Waals surface area contributed by atoms with Gasteiger partial charge in [-0.2, -0.15) is 0 Å². The van der Waals surface area contributed by atoms with Gasteiger partial charge in [0.15, 0.2) is 0 Å². The van der Waals surface area contributed by atoms with Crippen molar-refractivity contribution in [3.05, 3.63) is 29.0 Å². The molecule has 1 aliphatic rings. The van der Waals surface area contributed by atoms with Crippen molar-refractivity contribution in [1.82, 2.24) is 24.6 Å². The standard InChI is InChI=1S/C20H30ClN5O6/c21-17-3-1-2-16(22-17)12-23-4-6-24(13-18(27)28)8-10-26(15-20(31)32)11-9-25(7-5-23)14-19(29)30/h1-3H,4-15H2,(H,27,28)(H,29,30)(H,31,32). The molecule has 1 fully saturated rings. The Hall–Kier alpha value is -2.31. The monoisotopic (exact) mass is 471 g/mol. The molecule has 3 N–H and O–H groups in total. The molecule has 0 unspecified atom stereocenters. The lowest BCUT2D eigenvalue weighted by atomic mass is 10.3. The molecule has 0 aromatic carbocycles. The third kappa shape index (κ3) is 10.3. The van der Waals surface area contributed by atoms with E-state index in [1.807, 2.05) is 12.1 Å². The summed E-state index contributed by atoms with van der Waals surface area (Å²) >= 11 is 6.00. The lowest BCUT2D eigenvalue weighted by Gasteiger charge is -2.33. The minimum Gasteiger partial charge on any atom is -0.480 e. The minimum absolute atomic E-state index is 0.144. The van der Waals surface area contributed by atoms with Crippen molar-refractivity contribution in [2.75, 3.05) is 72.0 Å². The number of halogens is 1. The average Bonchev–Trinajstić information content (AvgIpc) is 2.69. The van der Waals surface area contributed by atoms with Crippen LogP contribution in [0.3, 0.4) is 0 Å². The van der Waals surface area contributed by atoms with Crippen molar-refractivity contribution in [2.24, 2.45) is 0 Å². The Balaban J connectivity index is 2.16. The molecule has 0 spiro atoms. The Labute approximate surface area is 191 Å². The number of nitrogens with zero attached hydrogens (tertiary/aromatic N) is 5. The molecule has 1 aromatic rings. The highest BCUT2D eigenvalue weighted by atomic mass is 35.5. The molecule has 178 valence electrons. The molecule has 12 heteroatoms. The molecule has 0 atom stereocenters. The molecule has 2 rings (SSSR count). The fraction of sp³-hybridized carbons (Fsp3) is 0.600. The van der Waals surface area contributed by atoms with E-state index < -0.39 is 17.9 Å². The molecule has 2 heterocycles. The molecule has 0 aliphatic carbocycles. The van der Waals surface area contributed by atoms with Gasteiger partial charge in [-0.15, -0.1) is 0 Å². The minimum atomic E-state index is -0.980. The summed E-state index contributed by atoms with van der Waals surface area (Å²) in [5, 5.41) is 28.1. The number of pyridine rings is 1. The van der Waals surface area contributed by atoms with Crippen molar-refractivity contribution in [2.45, 2.75) is 6.54 Å². The lowest BCUT2D eigenvalue weighted by molar-refractivity contribution is -0.140. The molecule has 1 saturated heterocycles. The van der Waals surface area contributed by atoms with E-state index in [1.54, 1.807) is 20.8 Å². The highest BCUT2D eigenvalue weighted by Gasteiger charge is 2.20. The van der Waals surface area contributed by atoms with E-state index in [-0.39, 0.29) is 19.6 Å². The average molecular weight is 472 g/mol. The summed E-state index contributed by atoms with van der Waals surface area (Å²) in [6, 6.07) is 5.36. The van der Waals surface area contributed by atoms with Gasteiger partial charge in [0.1, 0.15) is 5.15 Å². The summed E-state index contributed by atoms with van der Waals surface area (Å²) in [4.78, 5) is 45.5. The molecule has 32 heavy (non-hydrogen) atoms. The van der Waals surface area contributed by atoms with Crippen molar-refractivity contribution < 1.29 is 29.7 Å². The highest BCUT2D eigenvalue weighted by Crippen LogP contribution is 2.09. The number of hydrogen-bond acceptors (Lipinski definition) is 8. The molecule has 0 saturated carbocycles. The number of rotatable bonds is 8. The van der Waals surface area contributed by atoms with Gasteiger partial charge in [-0.25, -0.2) is 4.98 Å². The van der Waals surface area contributed by atoms with E-state index in [1.165, 1.54) is 0 Å². The van der Waals surface area contributed by atoms with Crippen molar-refractivity contribution in [3.8, 4) is 0 Å². The Morgan fingerprint density at radius 1 is 0.719 bits per heavy atom. The summed E-state index contributed by atoms with van der Waals surface area (Å²) in [7, 11) is 0. The molecular weight excluding hydrogens is 442 g/mol. The zero-order valence-corrected chi connectivity index (χ0v) is 18.7. The number of carboxylic acid groups (broad SMARTS) is 3. The zero-order valence-electron chi connectivity index (χ0n) is 17.9. The molecule has 1 aromatic heterocycles. The molecule has 0 radical (unpaired) electrons. The van der Waals surface area contributed by atoms with Crippen LogP contribution in [0.5, 0.6) is 0 Å². The topological polar surface area (TPSA) is 138 Å². The summed E-state index contributed by atoms with van der Waals surface area (Å²) in [5.74, 6) is -2.87. The number of carbonyl (C=O) groups is 3. The van der Waals surface area contributed by atoms with Crippen LogP contribution in [-0.2, 0) is 20.9 Å². The first-order valence-electron chi connectivity index (χ1n) is 10.4. The van der Waals surface area contributed by atoms with Gasteiger partial charge in [0.25, 0.3) is 0 Å². The normalized spacial score (nSPS) is 18.5. The van der Waals surface area contributed by atoms with Gasteiger partial charge in [-0.05, 0) is 12.1 Å². The van der Waals surface area contributed by atoms with E-state index >= 15 is 0 Å². The first kappa shape index (κ1) is 25.9. The van der Waals surface area contributed by atoms with Gasteiger partial charge in [0.05, 0.1) is 25.3 Å². The first-order valence-corrected chi connectivity index (χ1v) is 10.8. The first-order chi connectivity index (χ1) is 15.2. The Bertz CT molecular complexity index is 751. The van der Waals surface area contributed by atoms with Crippen LogP contribution in [0.1, 0.15) is 5.69 Å². The molecular formula is C20H30ClN5O6. The maximum absolute atomic E-state index is 11.3. The molecule has 0 bridgehead atoms. The van der Waals surface area contributed by atoms with Crippen LogP contribution >= 0.6 is 11.6 Å². The van der Waals surface area contributed by atoms with Gasteiger partial charge >= 0.3 is 17.9 Å². The van der Waals surface area contributed by atoms with Crippen LogP contribution < -0.4 is 0 Å². The maximum Gasteiger partial charge on any atom is 0.317 e. The molecule has 1 aliphatic heterocycles. The zero-order chi connectivity index (χ0) is 23.5. The summed E-state index contributed by atoms with van der Waals surface area (Å²) < 4.78 is 0. The number of aromatic nitrogens is 1. The Morgan fingerprint density at radius 2 is 1.09 bits per heavy atom. The van der Waals surface area contributed by atoms with Crippen LogP contribution in [0.15, 0.2) is 18.2 Å². The van der Waals surface area contributed by atoms with E-state index in [0.29, 0.717) is 64.1 Å². The van der Waals surface area contributed by atoms with Crippen molar-refractivity contribution >= 4 is 29.5 Å². The van der Waals surface area contributed by atoms with E-state index in [4.69, 9.17) is 11.6 Å². The fourth-order valence-electron chi connectivity index (χ4n) is 3.55. The van der Waals surface area contributed by atoms with E-state index in [0.717, 1.165) is 5.69 Å². The molecule has 0 amide bonds. The van der Waals surface area contributed by atoms with Gasteiger partial charge in [-0.1, -0.05) is 17.7 Å². The van der Waals surface area contributed by atoms with Crippen LogP contribution in [0, 0.1) is 0 Å². The number of hydrogen-bond donors (Lipinski definition) is 3. The fourth-order valence-corrected chi connectivity index (χ4v) is 3.73. The summed E-state index contributed by atoms with van der Waals surface area (Å²) in [6.07, 6.45) is 0. The van der Waals surface area contributed by atoms with E-state index in [2.05, 4.69) is 9.88 Å². The third-order valence-corrected chi connectivity index (χ3v) is 5.38. The van der Waals surface area contributed by atoms with Gasteiger partial charge in [0.2, 0.25) is 0 Å². The smallest absolute Gasteiger partial charge is 0.317 e. The second kappa shape index (κ2) is 13.3. The predicted molar refractivity (Wildman–Crippen MR) is 117 cm³/mol. The Morgan fingerprint density at radius 3 is 1.44 bits per heavy atom. The van der Waals surface area contributed by atoms with Crippen LogP contribution in [0.25, 0.3) is 0 Å². The predicted octanol–water partition coefficient (Wildman–Crippen LogP) is -0.290. The number of carboxylic acids is 3. The lowest BCUT2D eigenvalue weighted by Crippen LogP contribution is -2.48. The van der Waals surface area contributed by atoms with Crippen LogP contribution in [0.4, 0.5) is 0 Å². The van der Waals surface area contributed by atoms with Gasteiger partial charge in [-0.3, -0.25) is 34.0 Å². The van der Waals surface area contributed by atoms with Crippen molar-refractivity contribution in [3.63, 3.8) is 0 Å². The van der Waals surface area contributed by atoms with Crippen LogP contribution in [-0.4, -0.2) is 130 Å².